The molecule has 1 heterocycles. The van der Waals surface area contributed by atoms with Crippen LogP contribution >= 0.6 is 0 Å². The second-order valence-electron chi connectivity index (χ2n) is 5.80. The van der Waals surface area contributed by atoms with Crippen molar-refractivity contribution in [2.24, 2.45) is 0 Å². The van der Waals surface area contributed by atoms with Crippen molar-refractivity contribution in [2.75, 3.05) is 19.6 Å². The Labute approximate surface area is 143 Å². The van der Waals surface area contributed by atoms with Gasteiger partial charge in [-0.2, -0.15) is 0 Å². The highest BCUT2D eigenvalue weighted by Gasteiger charge is 2.12. The van der Waals surface area contributed by atoms with Crippen molar-refractivity contribution in [3.63, 3.8) is 0 Å². The maximum Gasteiger partial charge on any atom is 0.311 e. The number of hydrogen-bond donors (Lipinski definition) is 1. The van der Waals surface area contributed by atoms with Gasteiger partial charge in [-0.3, -0.25) is 9.69 Å². The molecule has 0 aliphatic rings. The number of carbonyl (C=O) groups is 1. The molecule has 0 atom stereocenters. The lowest BCUT2D eigenvalue weighted by Crippen LogP contribution is -2.26. The van der Waals surface area contributed by atoms with E-state index in [4.69, 9.17) is 4.74 Å². The Kier molecular flexibility index (Phi) is 6.82. The third kappa shape index (κ3) is 4.59. The second-order valence-corrected chi connectivity index (χ2v) is 5.80. The number of aromatic amines is 1. The minimum Gasteiger partial charge on any atom is -0.424 e. The molecule has 2 rings (SSSR count). The van der Waals surface area contributed by atoms with Gasteiger partial charge in [-0.1, -0.05) is 31.2 Å². The Hall–Kier alpha value is -2.33. The molecule has 2 aromatic rings. The lowest BCUT2D eigenvalue weighted by atomic mass is 10.1. The lowest BCUT2D eigenvalue weighted by molar-refractivity contribution is -0.134. The number of hydrogen-bond acceptors (Lipinski definition) is 3. The van der Waals surface area contributed by atoms with Crippen LogP contribution in [0.2, 0.25) is 0 Å². The number of benzene rings is 1. The molecule has 0 bridgehead atoms. The molecule has 0 amide bonds. The third-order valence-electron chi connectivity index (χ3n) is 3.91. The molecule has 0 saturated heterocycles. The quantitative estimate of drug-likeness (QED) is 0.406. The third-order valence-corrected chi connectivity index (χ3v) is 3.91. The number of ether oxygens (including phenoxy) is 1. The fourth-order valence-corrected chi connectivity index (χ4v) is 2.76. The minimum atomic E-state index is -0.190. The minimum absolute atomic E-state index is 0.190. The summed E-state index contributed by atoms with van der Waals surface area (Å²) in [5.74, 6) is 0.413. The van der Waals surface area contributed by atoms with Crippen LogP contribution in [0.5, 0.6) is 5.75 Å². The van der Waals surface area contributed by atoms with Gasteiger partial charge in [0.05, 0.1) is 5.52 Å². The average molecular weight is 326 g/mol. The second kappa shape index (κ2) is 9.08. The van der Waals surface area contributed by atoms with Crippen LogP contribution in [0.4, 0.5) is 0 Å². The van der Waals surface area contributed by atoms with Gasteiger partial charge in [-0.05, 0) is 24.5 Å². The van der Waals surface area contributed by atoms with Crippen LogP contribution < -0.4 is 4.74 Å². The molecule has 0 aliphatic carbocycles. The fraction of sp³-hybridized carbons (Fsp3) is 0.350. The van der Waals surface area contributed by atoms with Crippen molar-refractivity contribution in [1.82, 2.24) is 9.88 Å². The molecule has 1 N–H and O–H groups in total. The molecule has 4 nitrogen and oxygen atoms in total. The first kappa shape index (κ1) is 18.0. The van der Waals surface area contributed by atoms with E-state index in [1.807, 2.05) is 37.4 Å². The van der Waals surface area contributed by atoms with Gasteiger partial charge < -0.3 is 9.72 Å². The van der Waals surface area contributed by atoms with Crippen molar-refractivity contribution >= 4 is 16.9 Å². The van der Waals surface area contributed by atoms with Crippen LogP contribution in [-0.2, 0) is 11.2 Å². The molecular weight excluding hydrogens is 300 g/mol. The highest BCUT2D eigenvalue weighted by Crippen LogP contribution is 2.28. The summed E-state index contributed by atoms with van der Waals surface area (Å²) in [6.45, 7) is 12.2. The summed E-state index contributed by atoms with van der Waals surface area (Å²) in [5.41, 5.74) is 2.10. The van der Waals surface area contributed by atoms with E-state index in [1.165, 1.54) is 5.56 Å². The van der Waals surface area contributed by atoms with Crippen LogP contribution in [0.3, 0.4) is 0 Å². The molecule has 0 unspecified atom stereocenters. The van der Waals surface area contributed by atoms with Crippen molar-refractivity contribution in [3.05, 3.63) is 55.3 Å². The number of para-hydroxylation sites is 1. The summed E-state index contributed by atoms with van der Waals surface area (Å²) in [7, 11) is 0. The standard InChI is InChI=1S/C20H26N2O2/c1-4-8-19(23)24-18-10-7-9-17-16(15-21-20(17)18)11-14-22(12-5-2)13-6-3/h5-7,9-10,15,21H,2-4,8,11-14H2,1H3. The van der Waals surface area contributed by atoms with Crippen molar-refractivity contribution in [3.8, 4) is 5.75 Å². The van der Waals surface area contributed by atoms with Crippen LogP contribution in [0.25, 0.3) is 10.9 Å². The maximum absolute atomic E-state index is 11.8. The molecule has 24 heavy (non-hydrogen) atoms. The van der Waals surface area contributed by atoms with Gasteiger partial charge in [-0.25, -0.2) is 0 Å². The average Bonchev–Trinajstić information content (AvgIpc) is 2.97. The Morgan fingerprint density at radius 2 is 2.04 bits per heavy atom. The zero-order valence-corrected chi connectivity index (χ0v) is 14.4. The SMILES string of the molecule is C=CCN(CC=C)CCc1c[nH]c2c(OC(=O)CCC)cccc12. The first-order valence-electron chi connectivity index (χ1n) is 8.43. The van der Waals surface area contributed by atoms with E-state index in [9.17, 15) is 4.79 Å². The van der Waals surface area contributed by atoms with Gasteiger partial charge in [0, 0.05) is 37.6 Å². The molecule has 0 radical (unpaired) electrons. The van der Waals surface area contributed by atoms with Crippen LogP contribution in [0.15, 0.2) is 49.7 Å². The van der Waals surface area contributed by atoms with Crippen LogP contribution in [-0.4, -0.2) is 35.5 Å². The van der Waals surface area contributed by atoms with Gasteiger partial charge >= 0.3 is 5.97 Å². The molecule has 4 heteroatoms. The summed E-state index contributed by atoms with van der Waals surface area (Å²) < 4.78 is 5.48. The van der Waals surface area contributed by atoms with Gasteiger partial charge in [-0.15, -0.1) is 13.2 Å². The Bertz CT molecular complexity index is 693. The smallest absolute Gasteiger partial charge is 0.311 e. The number of aromatic nitrogens is 1. The molecule has 0 spiro atoms. The molecular formula is C20H26N2O2. The molecule has 0 aliphatic heterocycles. The lowest BCUT2D eigenvalue weighted by Gasteiger charge is -2.18. The summed E-state index contributed by atoms with van der Waals surface area (Å²) >= 11 is 0. The van der Waals surface area contributed by atoms with Gasteiger partial charge in [0.25, 0.3) is 0 Å². The summed E-state index contributed by atoms with van der Waals surface area (Å²) in [4.78, 5) is 17.3. The zero-order chi connectivity index (χ0) is 17.4. The number of nitrogens with zero attached hydrogens (tertiary/aromatic N) is 1. The maximum atomic E-state index is 11.8. The normalized spacial score (nSPS) is 10.9. The Morgan fingerprint density at radius 3 is 2.71 bits per heavy atom. The predicted octanol–water partition coefficient (Wildman–Crippen LogP) is 4.09. The molecule has 128 valence electrons. The number of esters is 1. The number of carbonyl (C=O) groups excluding carboxylic acids is 1. The van der Waals surface area contributed by atoms with E-state index >= 15 is 0 Å². The predicted molar refractivity (Wildman–Crippen MR) is 99.4 cm³/mol. The van der Waals surface area contributed by atoms with Gasteiger partial charge in [0.1, 0.15) is 0 Å². The van der Waals surface area contributed by atoms with E-state index < -0.39 is 0 Å². The topological polar surface area (TPSA) is 45.3 Å². The number of fused-ring (bicyclic) bond motifs is 1. The summed E-state index contributed by atoms with van der Waals surface area (Å²) in [6, 6.07) is 5.82. The van der Waals surface area contributed by atoms with E-state index in [-0.39, 0.29) is 5.97 Å². The number of rotatable bonds is 10. The molecule has 0 saturated carbocycles. The van der Waals surface area contributed by atoms with Crippen molar-refractivity contribution in [1.29, 1.82) is 0 Å². The first-order valence-corrected chi connectivity index (χ1v) is 8.43. The Morgan fingerprint density at radius 1 is 1.29 bits per heavy atom. The van der Waals surface area contributed by atoms with Crippen LogP contribution in [0, 0.1) is 0 Å². The fourth-order valence-electron chi connectivity index (χ4n) is 2.76. The number of H-pyrrole nitrogens is 1. The van der Waals surface area contributed by atoms with E-state index in [1.54, 1.807) is 0 Å². The molecule has 0 fully saturated rings. The molecule has 1 aromatic carbocycles. The monoisotopic (exact) mass is 326 g/mol. The molecule has 1 aromatic heterocycles. The van der Waals surface area contributed by atoms with Crippen molar-refractivity contribution < 1.29 is 9.53 Å². The van der Waals surface area contributed by atoms with E-state index in [2.05, 4.69) is 29.1 Å². The highest BCUT2D eigenvalue weighted by molar-refractivity contribution is 5.90. The van der Waals surface area contributed by atoms with Crippen LogP contribution in [0.1, 0.15) is 25.3 Å². The summed E-state index contributed by atoms with van der Waals surface area (Å²) in [6.07, 6.45) is 7.94. The van der Waals surface area contributed by atoms with Crippen molar-refractivity contribution in [2.45, 2.75) is 26.2 Å². The largest absolute Gasteiger partial charge is 0.424 e. The van der Waals surface area contributed by atoms with Gasteiger partial charge in [0.2, 0.25) is 0 Å². The van der Waals surface area contributed by atoms with E-state index in [0.29, 0.717) is 12.2 Å². The van der Waals surface area contributed by atoms with E-state index in [0.717, 1.165) is 43.4 Å². The highest BCUT2D eigenvalue weighted by atomic mass is 16.5. The first-order chi connectivity index (χ1) is 11.7. The van der Waals surface area contributed by atoms with Gasteiger partial charge in [0.15, 0.2) is 5.75 Å². The number of nitrogens with one attached hydrogen (secondary N) is 1. The zero-order valence-electron chi connectivity index (χ0n) is 14.4. The Balaban J connectivity index is 2.13. The summed E-state index contributed by atoms with van der Waals surface area (Å²) in [5, 5.41) is 1.11.